The SMILES string of the molecule is C=C/C=C(\N=CC)c1ccc(OC(F)(F)C(C)(C)O)c(N=C)c1CCC. The average Bonchev–Trinajstić information content (AvgIpc) is 2.54. The number of ether oxygens (including phenoxy) is 1. The molecule has 1 aromatic rings. The van der Waals surface area contributed by atoms with E-state index >= 15 is 0 Å². The summed E-state index contributed by atoms with van der Waals surface area (Å²) in [6, 6.07) is 3.04. The highest BCUT2D eigenvalue weighted by Crippen LogP contribution is 2.41. The molecule has 1 rings (SSSR count). The number of nitrogens with zero attached hydrogens (tertiary/aromatic N) is 2. The molecule has 1 aromatic carbocycles. The third-order valence-corrected chi connectivity index (χ3v) is 3.67. The van der Waals surface area contributed by atoms with E-state index in [1.807, 2.05) is 6.92 Å². The van der Waals surface area contributed by atoms with Gasteiger partial charge in [0.2, 0.25) is 0 Å². The number of allylic oxidation sites excluding steroid dienone is 2. The van der Waals surface area contributed by atoms with Crippen molar-refractivity contribution in [3.05, 3.63) is 42.0 Å². The lowest BCUT2D eigenvalue weighted by Gasteiger charge is -2.29. The van der Waals surface area contributed by atoms with Crippen molar-refractivity contribution >= 4 is 24.3 Å². The number of aliphatic hydroxyl groups is 1. The molecular formula is C20H26F2N2O2. The Hall–Kier alpha value is -2.34. The Morgan fingerprint density at radius 3 is 2.46 bits per heavy atom. The minimum Gasteiger partial charge on any atom is -0.428 e. The standard InChI is InChI=1S/C20H26F2N2O2/c1-7-10-15-14(16(11-8-2)24-9-3)12-13-17(18(15)23-6)26-20(21,22)19(4,5)25/h8-9,11-13,25H,2,6-7,10H2,1,3-5H3/b16-11-,24-9?. The van der Waals surface area contributed by atoms with Gasteiger partial charge in [0.1, 0.15) is 5.69 Å². The van der Waals surface area contributed by atoms with Crippen LogP contribution in [0.5, 0.6) is 5.75 Å². The molecule has 0 aromatic heterocycles. The first-order chi connectivity index (χ1) is 12.1. The van der Waals surface area contributed by atoms with Crippen molar-refractivity contribution in [1.82, 2.24) is 0 Å². The van der Waals surface area contributed by atoms with E-state index in [0.717, 1.165) is 25.8 Å². The lowest BCUT2D eigenvalue weighted by atomic mass is 9.97. The highest BCUT2D eigenvalue weighted by Gasteiger charge is 2.49. The summed E-state index contributed by atoms with van der Waals surface area (Å²) in [5.74, 6) is -0.141. The first-order valence-electron chi connectivity index (χ1n) is 8.36. The maximum Gasteiger partial charge on any atom is 0.426 e. The molecule has 0 aliphatic heterocycles. The van der Waals surface area contributed by atoms with Gasteiger partial charge in [0.05, 0.1) is 5.70 Å². The van der Waals surface area contributed by atoms with Crippen LogP contribution in [-0.4, -0.2) is 29.7 Å². The summed E-state index contributed by atoms with van der Waals surface area (Å²) in [6.45, 7) is 12.9. The molecule has 0 spiro atoms. The number of aliphatic imine (C=N–C) groups is 2. The third-order valence-electron chi connectivity index (χ3n) is 3.67. The fourth-order valence-corrected chi connectivity index (χ4v) is 2.33. The van der Waals surface area contributed by atoms with Crippen LogP contribution in [-0.2, 0) is 6.42 Å². The first kappa shape index (κ1) is 21.7. The maximum absolute atomic E-state index is 14.2. The lowest BCUT2D eigenvalue weighted by Crippen LogP contribution is -2.47. The second kappa shape index (κ2) is 8.85. The molecule has 0 aliphatic carbocycles. The van der Waals surface area contributed by atoms with Gasteiger partial charge < -0.3 is 9.84 Å². The number of rotatable bonds is 9. The Balaban J connectivity index is 3.60. The fraction of sp³-hybridized carbons (Fsp3) is 0.400. The Morgan fingerprint density at radius 2 is 2.00 bits per heavy atom. The molecule has 0 fully saturated rings. The smallest absolute Gasteiger partial charge is 0.426 e. The zero-order valence-corrected chi connectivity index (χ0v) is 15.7. The van der Waals surface area contributed by atoms with Crippen molar-refractivity contribution in [1.29, 1.82) is 0 Å². The predicted octanol–water partition coefficient (Wildman–Crippen LogP) is 5.33. The molecule has 4 nitrogen and oxygen atoms in total. The molecule has 142 valence electrons. The maximum atomic E-state index is 14.2. The Kier molecular flexibility index (Phi) is 7.39. The molecular weight excluding hydrogens is 338 g/mol. The van der Waals surface area contributed by atoms with Gasteiger partial charge in [-0.1, -0.05) is 26.0 Å². The molecule has 26 heavy (non-hydrogen) atoms. The zero-order valence-electron chi connectivity index (χ0n) is 15.7. The van der Waals surface area contributed by atoms with Crippen molar-refractivity contribution in [3.8, 4) is 5.75 Å². The second-order valence-corrected chi connectivity index (χ2v) is 6.20. The Labute approximate surface area is 153 Å². The van der Waals surface area contributed by atoms with Crippen molar-refractivity contribution in [2.75, 3.05) is 0 Å². The van der Waals surface area contributed by atoms with Gasteiger partial charge in [-0.3, -0.25) is 9.98 Å². The van der Waals surface area contributed by atoms with Crippen LogP contribution in [0.2, 0.25) is 0 Å². The number of hydrogen-bond donors (Lipinski definition) is 1. The summed E-state index contributed by atoms with van der Waals surface area (Å²) in [4.78, 5) is 8.24. The summed E-state index contributed by atoms with van der Waals surface area (Å²) in [7, 11) is 0. The molecule has 0 atom stereocenters. The minimum absolute atomic E-state index is 0.141. The molecule has 0 saturated carbocycles. The van der Waals surface area contributed by atoms with E-state index in [1.54, 1.807) is 31.4 Å². The lowest BCUT2D eigenvalue weighted by molar-refractivity contribution is -0.276. The van der Waals surface area contributed by atoms with Crippen molar-refractivity contribution in [3.63, 3.8) is 0 Å². The highest BCUT2D eigenvalue weighted by atomic mass is 19.3. The molecule has 0 heterocycles. The van der Waals surface area contributed by atoms with E-state index in [2.05, 4.69) is 23.3 Å². The van der Waals surface area contributed by atoms with Gasteiger partial charge in [-0.05, 0) is 57.7 Å². The van der Waals surface area contributed by atoms with Crippen LogP contribution in [0.15, 0.2) is 40.8 Å². The number of halogens is 2. The van der Waals surface area contributed by atoms with Gasteiger partial charge in [0.15, 0.2) is 11.4 Å². The summed E-state index contributed by atoms with van der Waals surface area (Å²) < 4.78 is 33.2. The molecule has 6 heteroatoms. The average molecular weight is 364 g/mol. The number of hydrogen-bond acceptors (Lipinski definition) is 4. The molecule has 0 bridgehead atoms. The Morgan fingerprint density at radius 1 is 1.35 bits per heavy atom. The van der Waals surface area contributed by atoms with Gasteiger partial charge in [0, 0.05) is 11.8 Å². The van der Waals surface area contributed by atoms with Crippen LogP contribution in [0, 0.1) is 0 Å². The molecule has 0 radical (unpaired) electrons. The van der Waals surface area contributed by atoms with Gasteiger partial charge in [-0.15, -0.1) is 0 Å². The molecule has 0 unspecified atom stereocenters. The van der Waals surface area contributed by atoms with Crippen LogP contribution < -0.4 is 4.74 Å². The van der Waals surface area contributed by atoms with Gasteiger partial charge >= 0.3 is 6.11 Å². The summed E-state index contributed by atoms with van der Waals surface area (Å²) in [5, 5.41) is 9.67. The van der Waals surface area contributed by atoms with E-state index in [9.17, 15) is 13.9 Å². The van der Waals surface area contributed by atoms with Crippen molar-refractivity contribution < 1.29 is 18.6 Å². The number of alkyl halides is 2. The van der Waals surface area contributed by atoms with Gasteiger partial charge in [-0.25, -0.2) is 0 Å². The fourth-order valence-electron chi connectivity index (χ4n) is 2.33. The van der Waals surface area contributed by atoms with E-state index < -0.39 is 11.7 Å². The molecule has 0 saturated heterocycles. The summed E-state index contributed by atoms with van der Waals surface area (Å²) in [5.41, 5.74) is -0.0577. The van der Waals surface area contributed by atoms with Crippen molar-refractivity contribution in [2.45, 2.75) is 52.2 Å². The monoisotopic (exact) mass is 364 g/mol. The first-order valence-corrected chi connectivity index (χ1v) is 8.36. The molecule has 0 amide bonds. The largest absolute Gasteiger partial charge is 0.428 e. The van der Waals surface area contributed by atoms with Crippen LogP contribution in [0.1, 0.15) is 45.2 Å². The van der Waals surface area contributed by atoms with Crippen LogP contribution >= 0.6 is 0 Å². The third kappa shape index (κ3) is 4.85. The van der Waals surface area contributed by atoms with E-state index in [1.165, 1.54) is 6.07 Å². The van der Waals surface area contributed by atoms with Crippen LogP contribution in [0.25, 0.3) is 5.70 Å². The highest BCUT2D eigenvalue weighted by molar-refractivity contribution is 5.80. The van der Waals surface area contributed by atoms with Crippen LogP contribution in [0.4, 0.5) is 14.5 Å². The number of benzene rings is 1. The Bertz CT molecular complexity index is 717. The molecule has 0 aliphatic rings. The van der Waals surface area contributed by atoms with Crippen LogP contribution in [0.3, 0.4) is 0 Å². The normalized spacial score (nSPS) is 13.1. The topological polar surface area (TPSA) is 54.2 Å². The summed E-state index contributed by atoms with van der Waals surface area (Å²) >= 11 is 0. The summed E-state index contributed by atoms with van der Waals surface area (Å²) in [6.07, 6.45) is 2.51. The van der Waals surface area contributed by atoms with E-state index in [4.69, 9.17) is 4.74 Å². The second-order valence-electron chi connectivity index (χ2n) is 6.20. The van der Waals surface area contributed by atoms with Gasteiger partial charge in [0.25, 0.3) is 0 Å². The van der Waals surface area contributed by atoms with Crippen molar-refractivity contribution in [2.24, 2.45) is 9.98 Å². The van der Waals surface area contributed by atoms with E-state index in [-0.39, 0.29) is 11.4 Å². The zero-order chi connectivity index (χ0) is 20.0. The quantitative estimate of drug-likeness (QED) is 0.475. The molecule has 1 N–H and O–H groups in total. The van der Waals surface area contributed by atoms with Gasteiger partial charge in [-0.2, -0.15) is 8.78 Å². The van der Waals surface area contributed by atoms with E-state index in [0.29, 0.717) is 17.7 Å². The predicted molar refractivity (Wildman–Crippen MR) is 104 cm³/mol. The minimum atomic E-state index is -3.79.